The van der Waals surface area contributed by atoms with Crippen LogP contribution in [0.5, 0.6) is 5.75 Å². The predicted molar refractivity (Wildman–Crippen MR) is 127 cm³/mol. The van der Waals surface area contributed by atoms with Gasteiger partial charge in [0.25, 0.3) is 0 Å². The fourth-order valence-electron chi connectivity index (χ4n) is 3.93. The van der Waals surface area contributed by atoms with Crippen LogP contribution in [0.25, 0.3) is 0 Å². The number of hydrogen-bond acceptors (Lipinski definition) is 5. The van der Waals surface area contributed by atoms with E-state index in [9.17, 15) is 5.11 Å². The summed E-state index contributed by atoms with van der Waals surface area (Å²) in [5, 5.41) is 10.7. The molecule has 170 valence electrons. The van der Waals surface area contributed by atoms with Crippen molar-refractivity contribution in [1.82, 2.24) is 4.90 Å². The number of anilines is 1. The summed E-state index contributed by atoms with van der Waals surface area (Å²) in [5.74, 6) is 1.30. The van der Waals surface area contributed by atoms with Gasteiger partial charge in [0, 0.05) is 46.0 Å². The molecule has 1 aliphatic rings. The zero-order chi connectivity index (χ0) is 22.2. The van der Waals surface area contributed by atoms with E-state index in [1.54, 1.807) is 0 Å². The van der Waals surface area contributed by atoms with Crippen molar-refractivity contribution >= 4 is 5.69 Å². The molecule has 2 unspecified atom stereocenters. The van der Waals surface area contributed by atoms with Crippen molar-refractivity contribution in [2.24, 2.45) is 0 Å². The molecule has 1 fully saturated rings. The van der Waals surface area contributed by atoms with E-state index in [1.165, 1.54) is 16.8 Å². The first-order valence-electron chi connectivity index (χ1n) is 11.4. The van der Waals surface area contributed by atoms with E-state index in [0.29, 0.717) is 12.5 Å². The molecule has 0 aromatic heterocycles. The summed E-state index contributed by atoms with van der Waals surface area (Å²) in [6, 6.07) is 16.8. The van der Waals surface area contributed by atoms with Crippen molar-refractivity contribution in [1.29, 1.82) is 0 Å². The van der Waals surface area contributed by atoms with E-state index in [1.807, 2.05) is 26.2 Å². The summed E-state index contributed by atoms with van der Waals surface area (Å²) in [6.07, 6.45) is 1.89. The van der Waals surface area contributed by atoms with E-state index in [0.717, 1.165) is 38.3 Å². The highest BCUT2D eigenvalue weighted by atomic mass is 16.5. The Hall–Kier alpha value is -2.08. The third kappa shape index (κ3) is 7.53. The third-order valence-corrected chi connectivity index (χ3v) is 5.80. The molecular weight excluding hydrogens is 388 g/mol. The maximum Gasteiger partial charge on any atom is 0.119 e. The molecule has 2 aromatic rings. The molecule has 0 saturated carbocycles. The first kappa shape index (κ1) is 23.6. The molecule has 31 heavy (non-hydrogen) atoms. The molecule has 1 N–H and O–H groups in total. The van der Waals surface area contributed by atoms with Gasteiger partial charge in [-0.25, -0.2) is 0 Å². The Kier molecular flexibility index (Phi) is 8.76. The Morgan fingerprint density at radius 3 is 2.35 bits per heavy atom. The summed E-state index contributed by atoms with van der Waals surface area (Å²) in [4.78, 5) is 4.39. The molecule has 0 bridgehead atoms. The summed E-state index contributed by atoms with van der Waals surface area (Å²) >= 11 is 0. The van der Waals surface area contributed by atoms with Gasteiger partial charge in [-0.1, -0.05) is 38.1 Å². The SMILES string of the molecule is CC(C)c1ccc(OCC(O)CN(Cc2ccc(N(C)C)cc2)CC2CCCO2)cc1. The molecule has 3 rings (SSSR count). The minimum atomic E-state index is -0.563. The second-order valence-electron chi connectivity index (χ2n) is 9.08. The molecule has 1 saturated heterocycles. The average Bonchev–Trinajstić information content (AvgIpc) is 3.26. The largest absolute Gasteiger partial charge is 0.491 e. The molecule has 1 heterocycles. The van der Waals surface area contributed by atoms with Crippen molar-refractivity contribution in [2.45, 2.75) is 51.4 Å². The van der Waals surface area contributed by atoms with Crippen molar-refractivity contribution in [3.8, 4) is 5.75 Å². The Morgan fingerprint density at radius 1 is 1.06 bits per heavy atom. The van der Waals surface area contributed by atoms with Gasteiger partial charge in [-0.2, -0.15) is 0 Å². The molecule has 2 aromatic carbocycles. The van der Waals surface area contributed by atoms with E-state index in [4.69, 9.17) is 9.47 Å². The van der Waals surface area contributed by atoms with Gasteiger partial charge in [-0.15, -0.1) is 0 Å². The van der Waals surface area contributed by atoms with Crippen LogP contribution in [0.1, 0.15) is 43.7 Å². The predicted octanol–water partition coefficient (Wildman–Crippen LogP) is 4.30. The quantitative estimate of drug-likeness (QED) is 0.581. The molecule has 5 nitrogen and oxygen atoms in total. The van der Waals surface area contributed by atoms with Gasteiger partial charge in [-0.3, -0.25) is 4.90 Å². The van der Waals surface area contributed by atoms with Crippen LogP contribution in [-0.4, -0.2) is 62.6 Å². The second-order valence-corrected chi connectivity index (χ2v) is 9.08. The van der Waals surface area contributed by atoms with Gasteiger partial charge < -0.3 is 19.5 Å². The molecule has 0 amide bonds. The highest BCUT2D eigenvalue weighted by molar-refractivity contribution is 5.46. The van der Waals surface area contributed by atoms with Crippen LogP contribution in [0.3, 0.4) is 0 Å². The molecule has 0 radical (unpaired) electrons. The van der Waals surface area contributed by atoms with Crippen LogP contribution in [0, 0.1) is 0 Å². The highest BCUT2D eigenvalue weighted by Crippen LogP contribution is 2.20. The van der Waals surface area contributed by atoms with Crippen LogP contribution >= 0.6 is 0 Å². The minimum absolute atomic E-state index is 0.248. The van der Waals surface area contributed by atoms with Gasteiger partial charge in [-0.05, 0) is 54.2 Å². The number of aliphatic hydroxyl groups is 1. The maximum absolute atomic E-state index is 10.7. The van der Waals surface area contributed by atoms with Crippen molar-refractivity contribution in [3.63, 3.8) is 0 Å². The number of hydrogen-bond donors (Lipinski definition) is 1. The Balaban J connectivity index is 1.56. The van der Waals surface area contributed by atoms with Crippen molar-refractivity contribution < 1.29 is 14.6 Å². The molecule has 0 spiro atoms. The van der Waals surface area contributed by atoms with Gasteiger partial charge in [0.1, 0.15) is 18.5 Å². The van der Waals surface area contributed by atoms with Crippen LogP contribution in [-0.2, 0) is 11.3 Å². The number of benzene rings is 2. The summed E-state index contributed by atoms with van der Waals surface area (Å²) in [7, 11) is 4.09. The number of ether oxygens (including phenoxy) is 2. The summed E-state index contributed by atoms with van der Waals surface area (Å²) < 4.78 is 11.7. The van der Waals surface area contributed by atoms with Crippen molar-refractivity contribution in [2.75, 3.05) is 45.3 Å². The lowest BCUT2D eigenvalue weighted by molar-refractivity contribution is 0.0313. The Labute approximate surface area is 187 Å². The topological polar surface area (TPSA) is 45.2 Å². The van der Waals surface area contributed by atoms with Gasteiger partial charge in [0.2, 0.25) is 0 Å². The molecular formula is C26H38N2O3. The maximum atomic E-state index is 10.7. The number of rotatable bonds is 11. The smallest absolute Gasteiger partial charge is 0.119 e. The van der Waals surface area contributed by atoms with Crippen LogP contribution in [0.4, 0.5) is 5.69 Å². The van der Waals surface area contributed by atoms with Crippen LogP contribution < -0.4 is 9.64 Å². The monoisotopic (exact) mass is 426 g/mol. The fraction of sp³-hybridized carbons (Fsp3) is 0.538. The fourth-order valence-corrected chi connectivity index (χ4v) is 3.93. The van der Waals surface area contributed by atoms with Gasteiger partial charge in [0.05, 0.1) is 6.10 Å². The third-order valence-electron chi connectivity index (χ3n) is 5.80. The molecule has 5 heteroatoms. The van der Waals surface area contributed by atoms with E-state index in [2.05, 4.69) is 60.0 Å². The van der Waals surface area contributed by atoms with Crippen LogP contribution in [0.15, 0.2) is 48.5 Å². The minimum Gasteiger partial charge on any atom is -0.491 e. The Morgan fingerprint density at radius 2 is 1.77 bits per heavy atom. The summed E-state index contributed by atoms with van der Waals surface area (Å²) in [5.41, 5.74) is 3.71. The van der Waals surface area contributed by atoms with E-state index >= 15 is 0 Å². The first-order chi connectivity index (χ1) is 14.9. The number of nitrogens with zero attached hydrogens (tertiary/aromatic N) is 2. The number of aliphatic hydroxyl groups excluding tert-OH is 1. The van der Waals surface area contributed by atoms with Crippen LogP contribution in [0.2, 0.25) is 0 Å². The zero-order valence-electron chi connectivity index (χ0n) is 19.5. The zero-order valence-corrected chi connectivity index (χ0v) is 19.5. The standard InChI is InChI=1S/C26H38N2O3/c1-20(2)22-9-13-25(14-10-22)31-19-24(29)17-28(18-26-6-5-15-30-26)16-21-7-11-23(12-8-21)27(3)4/h7-14,20,24,26,29H,5-6,15-19H2,1-4H3. The lowest BCUT2D eigenvalue weighted by Crippen LogP contribution is -2.39. The van der Waals surface area contributed by atoms with E-state index < -0.39 is 6.10 Å². The average molecular weight is 427 g/mol. The summed E-state index contributed by atoms with van der Waals surface area (Å²) in [6.45, 7) is 7.64. The lowest BCUT2D eigenvalue weighted by atomic mass is 10.0. The van der Waals surface area contributed by atoms with Gasteiger partial charge >= 0.3 is 0 Å². The van der Waals surface area contributed by atoms with E-state index in [-0.39, 0.29) is 12.7 Å². The molecule has 0 aliphatic carbocycles. The molecule has 2 atom stereocenters. The first-order valence-corrected chi connectivity index (χ1v) is 11.4. The van der Waals surface area contributed by atoms with Crippen molar-refractivity contribution in [3.05, 3.63) is 59.7 Å². The normalized spacial score (nSPS) is 17.3. The second kappa shape index (κ2) is 11.5. The molecule has 1 aliphatic heterocycles. The highest BCUT2D eigenvalue weighted by Gasteiger charge is 2.21. The van der Waals surface area contributed by atoms with Gasteiger partial charge in [0.15, 0.2) is 0 Å². The Bertz CT molecular complexity index is 768. The lowest BCUT2D eigenvalue weighted by Gasteiger charge is -2.27.